The molecule has 0 atom stereocenters. The molecule has 3 rings (SSSR count). The first-order valence-electron chi connectivity index (χ1n) is 6.60. The van der Waals surface area contributed by atoms with Crippen LogP contribution in [0, 0.1) is 11.7 Å². The van der Waals surface area contributed by atoms with Crippen LogP contribution in [0.3, 0.4) is 0 Å². The highest BCUT2D eigenvalue weighted by Gasteiger charge is 2.08. The Bertz CT molecular complexity index is 858. The van der Waals surface area contributed by atoms with Crippen molar-refractivity contribution in [3.8, 4) is 17.1 Å². The van der Waals surface area contributed by atoms with Gasteiger partial charge in [-0.2, -0.15) is 14.9 Å². The molecule has 7 heteroatoms. The summed E-state index contributed by atoms with van der Waals surface area (Å²) in [4.78, 5) is 2.31. The van der Waals surface area contributed by atoms with Gasteiger partial charge in [-0.3, -0.25) is 0 Å². The molecule has 112 valence electrons. The van der Waals surface area contributed by atoms with Crippen molar-refractivity contribution in [2.75, 3.05) is 7.11 Å². The summed E-state index contributed by atoms with van der Waals surface area (Å²) < 4.78 is 7.24. The third kappa shape index (κ3) is 3.00. The number of nitrogens with one attached hydrogen (secondary N) is 1. The Morgan fingerprint density at radius 3 is 2.68 bits per heavy atom. The number of aromatic amines is 1. The van der Waals surface area contributed by atoms with E-state index in [2.05, 4.69) is 28.3 Å². The lowest BCUT2D eigenvalue weighted by molar-refractivity contribution is 0.415. The van der Waals surface area contributed by atoms with Gasteiger partial charge in [-0.1, -0.05) is 0 Å². The number of H-pyrrole nitrogens is 1. The van der Waals surface area contributed by atoms with E-state index in [9.17, 15) is 0 Å². The molecule has 0 saturated heterocycles. The molecular weight excluding hydrogens is 316 g/mol. The predicted octanol–water partition coefficient (Wildman–Crippen LogP) is 3.87. The number of ether oxygens (including phenoxy) is 1. The second kappa shape index (κ2) is 6.25. The Morgan fingerprint density at radius 2 is 2.05 bits per heavy atom. The van der Waals surface area contributed by atoms with Gasteiger partial charge < -0.3 is 4.74 Å². The smallest absolute Gasteiger partial charge is 0.216 e. The third-order valence-corrected chi connectivity index (χ3v) is 4.26. The van der Waals surface area contributed by atoms with Gasteiger partial charge in [0.2, 0.25) is 4.77 Å². The lowest BCUT2D eigenvalue weighted by Gasteiger charge is -2.02. The van der Waals surface area contributed by atoms with Gasteiger partial charge in [0.15, 0.2) is 5.82 Å². The topological polar surface area (TPSA) is 55.2 Å². The lowest BCUT2D eigenvalue weighted by atomic mass is 10.2. The maximum Gasteiger partial charge on any atom is 0.216 e. The first kappa shape index (κ1) is 14.7. The molecule has 0 bridgehead atoms. The average Bonchev–Trinajstić information content (AvgIpc) is 3.11. The van der Waals surface area contributed by atoms with Crippen LogP contribution in [0.15, 0.2) is 41.5 Å². The van der Waals surface area contributed by atoms with E-state index in [1.54, 1.807) is 29.3 Å². The van der Waals surface area contributed by atoms with Crippen LogP contribution >= 0.6 is 23.6 Å². The van der Waals surface area contributed by atoms with Crippen LogP contribution in [0.4, 0.5) is 0 Å². The minimum Gasteiger partial charge on any atom is -0.497 e. The maximum atomic E-state index is 5.25. The Morgan fingerprint density at radius 1 is 1.27 bits per heavy atom. The highest BCUT2D eigenvalue weighted by molar-refractivity contribution is 7.71. The van der Waals surface area contributed by atoms with Crippen LogP contribution < -0.4 is 4.74 Å². The number of rotatable bonds is 4. The minimum atomic E-state index is 0.454. The molecule has 3 aromatic rings. The van der Waals surface area contributed by atoms with Crippen LogP contribution in [0.1, 0.15) is 9.75 Å². The number of aromatic nitrogens is 3. The fourth-order valence-electron chi connectivity index (χ4n) is 1.96. The molecule has 5 nitrogen and oxygen atoms in total. The standard InChI is InChI=1S/C15H14N4OS2/c1-10-3-8-13(22-10)9-16-19-14(17-18-15(19)21)11-4-6-12(20-2)7-5-11/h3-9H,1-2H3,(H,18,21). The summed E-state index contributed by atoms with van der Waals surface area (Å²) in [5, 5.41) is 11.5. The Balaban J connectivity index is 1.96. The second-order valence-corrected chi connectivity index (χ2v) is 6.29. The molecule has 1 N–H and O–H groups in total. The van der Waals surface area contributed by atoms with Gasteiger partial charge in [0, 0.05) is 15.3 Å². The fraction of sp³-hybridized carbons (Fsp3) is 0.133. The molecule has 2 heterocycles. The predicted molar refractivity (Wildman–Crippen MR) is 91.4 cm³/mol. The van der Waals surface area contributed by atoms with E-state index in [1.807, 2.05) is 30.3 Å². The normalized spacial score (nSPS) is 11.2. The van der Waals surface area contributed by atoms with Crippen molar-refractivity contribution in [2.24, 2.45) is 5.10 Å². The summed E-state index contributed by atoms with van der Waals surface area (Å²) in [6.07, 6.45) is 1.79. The van der Waals surface area contributed by atoms with Crippen molar-refractivity contribution in [2.45, 2.75) is 6.92 Å². The van der Waals surface area contributed by atoms with Crippen molar-refractivity contribution in [1.29, 1.82) is 0 Å². The summed E-state index contributed by atoms with van der Waals surface area (Å²) >= 11 is 6.93. The zero-order valence-electron chi connectivity index (χ0n) is 12.1. The number of benzene rings is 1. The van der Waals surface area contributed by atoms with E-state index in [-0.39, 0.29) is 0 Å². The van der Waals surface area contributed by atoms with E-state index in [0.29, 0.717) is 10.6 Å². The molecule has 0 spiro atoms. The van der Waals surface area contributed by atoms with Crippen molar-refractivity contribution >= 4 is 29.8 Å². The van der Waals surface area contributed by atoms with Crippen LogP contribution in [0.25, 0.3) is 11.4 Å². The lowest BCUT2D eigenvalue weighted by Crippen LogP contribution is -1.94. The van der Waals surface area contributed by atoms with E-state index in [1.165, 1.54) is 4.88 Å². The van der Waals surface area contributed by atoms with Crippen molar-refractivity contribution in [3.63, 3.8) is 0 Å². The molecule has 0 aliphatic rings. The molecule has 0 unspecified atom stereocenters. The highest BCUT2D eigenvalue weighted by atomic mass is 32.1. The number of nitrogens with zero attached hydrogens (tertiary/aromatic N) is 3. The van der Waals surface area contributed by atoms with E-state index >= 15 is 0 Å². The molecule has 0 saturated carbocycles. The molecule has 22 heavy (non-hydrogen) atoms. The van der Waals surface area contributed by atoms with Crippen LogP contribution in [-0.2, 0) is 0 Å². The van der Waals surface area contributed by atoms with E-state index in [0.717, 1.165) is 16.2 Å². The SMILES string of the molecule is COc1ccc(-c2n[nH]c(=S)n2N=Cc2ccc(C)s2)cc1. The quantitative estimate of drug-likeness (QED) is 0.583. The van der Waals surface area contributed by atoms with Crippen LogP contribution in [0.2, 0.25) is 0 Å². The molecule has 0 aliphatic heterocycles. The number of hydrogen-bond donors (Lipinski definition) is 1. The van der Waals surface area contributed by atoms with Gasteiger partial charge in [-0.25, -0.2) is 5.10 Å². The summed E-state index contributed by atoms with van der Waals surface area (Å²) in [7, 11) is 1.64. The van der Waals surface area contributed by atoms with Crippen LogP contribution in [0.5, 0.6) is 5.75 Å². The Hall–Kier alpha value is -2.25. The highest BCUT2D eigenvalue weighted by Crippen LogP contribution is 2.21. The zero-order chi connectivity index (χ0) is 15.5. The van der Waals surface area contributed by atoms with Crippen LogP contribution in [-0.4, -0.2) is 28.2 Å². The van der Waals surface area contributed by atoms with Gasteiger partial charge >= 0.3 is 0 Å². The molecule has 0 amide bonds. The second-order valence-electron chi connectivity index (χ2n) is 4.59. The fourth-order valence-corrected chi connectivity index (χ4v) is 2.89. The molecule has 1 aromatic carbocycles. The number of methoxy groups -OCH3 is 1. The molecule has 0 radical (unpaired) electrons. The van der Waals surface area contributed by atoms with Gasteiger partial charge in [0.25, 0.3) is 0 Å². The summed E-state index contributed by atoms with van der Waals surface area (Å²) in [6.45, 7) is 2.06. The maximum absolute atomic E-state index is 5.25. The number of aryl methyl sites for hydroxylation is 1. The first-order valence-corrected chi connectivity index (χ1v) is 7.82. The van der Waals surface area contributed by atoms with Crippen molar-refractivity contribution < 1.29 is 4.74 Å². The molecule has 0 fully saturated rings. The van der Waals surface area contributed by atoms with Gasteiger partial charge in [0.1, 0.15) is 5.75 Å². The summed E-state index contributed by atoms with van der Waals surface area (Å²) in [6, 6.07) is 11.7. The zero-order valence-corrected chi connectivity index (χ0v) is 13.7. The average molecular weight is 330 g/mol. The Labute approximate surface area is 136 Å². The monoisotopic (exact) mass is 330 g/mol. The van der Waals surface area contributed by atoms with Gasteiger partial charge in [-0.15, -0.1) is 11.3 Å². The minimum absolute atomic E-state index is 0.454. The third-order valence-electron chi connectivity index (χ3n) is 3.06. The van der Waals surface area contributed by atoms with Crippen molar-refractivity contribution in [1.82, 2.24) is 14.9 Å². The first-order chi connectivity index (χ1) is 10.7. The Kier molecular flexibility index (Phi) is 4.17. The molecular formula is C15H14N4OS2. The van der Waals surface area contributed by atoms with Gasteiger partial charge in [0.05, 0.1) is 13.3 Å². The summed E-state index contributed by atoms with van der Waals surface area (Å²) in [5.41, 5.74) is 0.910. The summed E-state index contributed by atoms with van der Waals surface area (Å²) in [5.74, 6) is 1.46. The van der Waals surface area contributed by atoms with Gasteiger partial charge in [-0.05, 0) is 55.5 Å². The largest absolute Gasteiger partial charge is 0.497 e. The number of hydrogen-bond acceptors (Lipinski definition) is 5. The molecule has 2 aromatic heterocycles. The number of thiophene rings is 1. The van der Waals surface area contributed by atoms with E-state index < -0.39 is 0 Å². The molecule has 0 aliphatic carbocycles. The van der Waals surface area contributed by atoms with E-state index in [4.69, 9.17) is 17.0 Å². The van der Waals surface area contributed by atoms with Crippen molar-refractivity contribution in [3.05, 3.63) is 50.9 Å².